The third kappa shape index (κ3) is 4.24. The first kappa shape index (κ1) is 17.9. The van der Waals surface area contributed by atoms with Crippen LogP contribution in [0.3, 0.4) is 0 Å². The van der Waals surface area contributed by atoms with Crippen LogP contribution < -0.4 is 10.6 Å². The average Bonchev–Trinajstić information content (AvgIpc) is 2.69. The van der Waals surface area contributed by atoms with E-state index in [4.69, 9.17) is 0 Å². The monoisotopic (exact) mass is 364 g/mol. The van der Waals surface area contributed by atoms with E-state index >= 15 is 0 Å². The Bertz CT molecular complexity index is 1080. The highest BCUT2D eigenvalue weighted by Crippen LogP contribution is 2.34. The fraction of sp³-hybridized carbons (Fsp3) is 0.0769. The molecular formula is C26H24N2. The van der Waals surface area contributed by atoms with Crippen LogP contribution in [-0.4, -0.2) is 0 Å². The molecule has 0 atom stereocenters. The van der Waals surface area contributed by atoms with Crippen LogP contribution >= 0.6 is 0 Å². The maximum absolute atomic E-state index is 3.61. The number of rotatable bonds is 5. The molecule has 4 rings (SSSR count). The van der Waals surface area contributed by atoms with Gasteiger partial charge in [0.05, 0.1) is 0 Å². The molecule has 0 heterocycles. The zero-order valence-corrected chi connectivity index (χ0v) is 16.2. The number of nitrogens with one attached hydrogen (secondary N) is 2. The molecule has 0 fully saturated rings. The summed E-state index contributed by atoms with van der Waals surface area (Å²) in [6.07, 6.45) is 0. The third-order valence-electron chi connectivity index (χ3n) is 4.71. The zero-order valence-electron chi connectivity index (χ0n) is 16.2. The maximum atomic E-state index is 3.61. The molecule has 4 aromatic carbocycles. The van der Waals surface area contributed by atoms with E-state index < -0.39 is 0 Å². The standard InChI is InChI=1S/C26H24N2/c1-19-8-6-12-22(16-19)27-24-14-15-25(21-10-4-3-5-11-21)26(18-24)28-23-13-7-9-20(2)17-23/h3-18,27-28H,1-2H3. The lowest BCUT2D eigenvalue weighted by atomic mass is 10.0. The van der Waals surface area contributed by atoms with Gasteiger partial charge in [0, 0.05) is 28.3 Å². The van der Waals surface area contributed by atoms with E-state index in [0.29, 0.717) is 0 Å². The van der Waals surface area contributed by atoms with Crippen LogP contribution in [0, 0.1) is 13.8 Å². The summed E-state index contributed by atoms with van der Waals surface area (Å²) in [4.78, 5) is 0. The van der Waals surface area contributed by atoms with E-state index in [1.54, 1.807) is 0 Å². The molecule has 0 bridgehead atoms. The minimum Gasteiger partial charge on any atom is -0.355 e. The lowest BCUT2D eigenvalue weighted by Gasteiger charge is -2.16. The van der Waals surface area contributed by atoms with Crippen molar-refractivity contribution in [3.05, 3.63) is 108 Å². The Balaban J connectivity index is 1.72. The molecule has 28 heavy (non-hydrogen) atoms. The number of hydrogen-bond donors (Lipinski definition) is 2. The molecule has 4 aromatic rings. The normalized spacial score (nSPS) is 10.5. The number of aryl methyl sites for hydroxylation is 2. The highest BCUT2D eigenvalue weighted by molar-refractivity contribution is 5.84. The van der Waals surface area contributed by atoms with Crippen LogP contribution in [0.1, 0.15) is 11.1 Å². The molecule has 0 aliphatic heterocycles. The van der Waals surface area contributed by atoms with Gasteiger partial charge in [0.2, 0.25) is 0 Å². The van der Waals surface area contributed by atoms with Crippen LogP contribution in [0.4, 0.5) is 22.7 Å². The summed E-state index contributed by atoms with van der Waals surface area (Å²) in [5.74, 6) is 0. The fourth-order valence-corrected chi connectivity index (χ4v) is 3.36. The van der Waals surface area contributed by atoms with Gasteiger partial charge < -0.3 is 10.6 Å². The van der Waals surface area contributed by atoms with Crippen molar-refractivity contribution in [1.29, 1.82) is 0 Å². The molecule has 0 saturated heterocycles. The van der Waals surface area contributed by atoms with E-state index in [-0.39, 0.29) is 0 Å². The second kappa shape index (κ2) is 8.01. The largest absolute Gasteiger partial charge is 0.355 e. The van der Waals surface area contributed by atoms with Gasteiger partial charge in [0.15, 0.2) is 0 Å². The maximum Gasteiger partial charge on any atom is 0.0484 e. The first-order valence-electron chi connectivity index (χ1n) is 9.54. The molecule has 0 radical (unpaired) electrons. The van der Waals surface area contributed by atoms with Gasteiger partial charge in [-0.25, -0.2) is 0 Å². The summed E-state index contributed by atoms with van der Waals surface area (Å²) >= 11 is 0. The zero-order chi connectivity index (χ0) is 19.3. The summed E-state index contributed by atoms with van der Waals surface area (Å²) < 4.78 is 0. The van der Waals surface area contributed by atoms with Crippen molar-refractivity contribution in [2.75, 3.05) is 10.6 Å². The highest BCUT2D eigenvalue weighted by Gasteiger charge is 2.08. The van der Waals surface area contributed by atoms with E-state index in [0.717, 1.165) is 22.7 Å². The summed E-state index contributed by atoms with van der Waals surface area (Å²) in [6, 6.07) is 33.8. The van der Waals surface area contributed by atoms with Crippen LogP contribution in [-0.2, 0) is 0 Å². The second-order valence-electron chi connectivity index (χ2n) is 7.12. The highest BCUT2D eigenvalue weighted by atomic mass is 14.9. The Morgan fingerprint density at radius 2 is 1.11 bits per heavy atom. The predicted octanol–water partition coefficient (Wildman–Crippen LogP) is 7.46. The number of benzene rings is 4. The van der Waals surface area contributed by atoms with Crippen LogP contribution in [0.25, 0.3) is 11.1 Å². The summed E-state index contributed by atoms with van der Waals surface area (Å²) in [7, 11) is 0. The molecule has 0 spiro atoms. The van der Waals surface area contributed by atoms with Crippen molar-refractivity contribution in [1.82, 2.24) is 0 Å². The first-order valence-corrected chi connectivity index (χ1v) is 9.54. The van der Waals surface area contributed by atoms with E-state index in [9.17, 15) is 0 Å². The SMILES string of the molecule is Cc1cccc(Nc2ccc(-c3ccccc3)c(Nc3cccc(C)c3)c2)c1. The van der Waals surface area contributed by atoms with Gasteiger partial charge in [0.1, 0.15) is 0 Å². The van der Waals surface area contributed by atoms with Gasteiger partial charge in [-0.1, -0.05) is 60.7 Å². The minimum absolute atomic E-state index is 1.06. The van der Waals surface area contributed by atoms with E-state index in [2.05, 4.69) is 115 Å². The van der Waals surface area contributed by atoms with Crippen molar-refractivity contribution in [2.24, 2.45) is 0 Å². The van der Waals surface area contributed by atoms with Crippen molar-refractivity contribution in [3.8, 4) is 11.1 Å². The molecule has 0 amide bonds. The molecule has 2 heteroatoms. The topological polar surface area (TPSA) is 24.1 Å². The lowest BCUT2D eigenvalue weighted by molar-refractivity contribution is 1.43. The Kier molecular flexibility index (Phi) is 5.11. The predicted molar refractivity (Wildman–Crippen MR) is 121 cm³/mol. The Morgan fingerprint density at radius 3 is 1.75 bits per heavy atom. The van der Waals surface area contributed by atoms with E-state index in [1.807, 2.05) is 6.07 Å². The van der Waals surface area contributed by atoms with Gasteiger partial charge in [-0.15, -0.1) is 0 Å². The quantitative estimate of drug-likeness (QED) is 0.384. The Morgan fingerprint density at radius 1 is 0.500 bits per heavy atom. The number of hydrogen-bond acceptors (Lipinski definition) is 2. The molecule has 138 valence electrons. The Labute approximate surface area is 166 Å². The first-order chi connectivity index (χ1) is 13.7. The van der Waals surface area contributed by atoms with Crippen LogP contribution in [0.5, 0.6) is 0 Å². The molecule has 2 nitrogen and oxygen atoms in total. The summed E-state index contributed by atoms with van der Waals surface area (Å²) in [5, 5.41) is 7.13. The van der Waals surface area contributed by atoms with Crippen molar-refractivity contribution < 1.29 is 0 Å². The van der Waals surface area contributed by atoms with Crippen molar-refractivity contribution >= 4 is 22.7 Å². The van der Waals surface area contributed by atoms with Gasteiger partial charge in [-0.2, -0.15) is 0 Å². The van der Waals surface area contributed by atoms with Gasteiger partial charge in [-0.05, 0) is 66.9 Å². The smallest absolute Gasteiger partial charge is 0.0484 e. The van der Waals surface area contributed by atoms with E-state index in [1.165, 1.54) is 22.3 Å². The second-order valence-corrected chi connectivity index (χ2v) is 7.12. The van der Waals surface area contributed by atoms with Crippen molar-refractivity contribution in [2.45, 2.75) is 13.8 Å². The molecule has 0 aliphatic carbocycles. The fourth-order valence-electron chi connectivity index (χ4n) is 3.36. The van der Waals surface area contributed by atoms with Crippen molar-refractivity contribution in [3.63, 3.8) is 0 Å². The molecule has 2 N–H and O–H groups in total. The van der Waals surface area contributed by atoms with Crippen LogP contribution in [0.15, 0.2) is 97.1 Å². The van der Waals surface area contributed by atoms with Crippen LogP contribution in [0.2, 0.25) is 0 Å². The molecule has 0 aliphatic rings. The van der Waals surface area contributed by atoms with Gasteiger partial charge >= 0.3 is 0 Å². The Hall–Kier alpha value is -3.52. The van der Waals surface area contributed by atoms with Gasteiger partial charge in [0.25, 0.3) is 0 Å². The summed E-state index contributed by atoms with van der Waals surface area (Å²) in [5.41, 5.74) is 9.16. The minimum atomic E-state index is 1.06. The third-order valence-corrected chi connectivity index (χ3v) is 4.71. The number of anilines is 4. The van der Waals surface area contributed by atoms with Gasteiger partial charge in [-0.3, -0.25) is 0 Å². The molecule has 0 aromatic heterocycles. The molecule has 0 unspecified atom stereocenters. The summed E-state index contributed by atoms with van der Waals surface area (Å²) in [6.45, 7) is 4.22. The average molecular weight is 364 g/mol. The molecule has 0 saturated carbocycles. The lowest BCUT2D eigenvalue weighted by Crippen LogP contribution is -1.97. The molecular weight excluding hydrogens is 340 g/mol.